The Morgan fingerprint density at radius 2 is 2.05 bits per heavy atom. The first-order valence-electron chi connectivity index (χ1n) is 6.18. The van der Waals surface area contributed by atoms with Crippen LogP contribution in [-0.2, 0) is 16.4 Å². The second kappa shape index (κ2) is 5.36. The van der Waals surface area contributed by atoms with E-state index < -0.39 is 9.84 Å². The molecule has 1 heterocycles. The van der Waals surface area contributed by atoms with Crippen molar-refractivity contribution >= 4 is 21.5 Å². The van der Waals surface area contributed by atoms with Gasteiger partial charge in [0.1, 0.15) is 11.6 Å². The highest BCUT2D eigenvalue weighted by Crippen LogP contribution is 2.29. The molecule has 0 saturated carbocycles. The van der Waals surface area contributed by atoms with Gasteiger partial charge in [-0.3, -0.25) is 0 Å². The summed E-state index contributed by atoms with van der Waals surface area (Å²) in [5, 5.41) is 4.22. The summed E-state index contributed by atoms with van der Waals surface area (Å²) in [4.78, 5) is 1.57. The van der Waals surface area contributed by atoms with Gasteiger partial charge in [0.15, 0.2) is 20.6 Å². The average molecular weight is 312 g/mol. The minimum Gasteiger partial charge on any atom is -0.383 e. The first-order chi connectivity index (χ1) is 9.70. The molecule has 0 aliphatic heterocycles. The molecule has 0 radical (unpaired) electrons. The molecule has 0 spiro atoms. The van der Waals surface area contributed by atoms with Gasteiger partial charge in [0.2, 0.25) is 0 Å². The minimum absolute atomic E-state index is 0.0103. The lowest BCUT2D eigenvalue weighted by Gasteiger charge is -2.09. The topological polar surface area (TPSA) is 81.2 Å². The zero-order valence-electron chi connectivity index (χ0n) is 12.0. The maximum atomic E-state index is 13.2. The Morgan fingerprint density at radius 1 is 1.38 bits per heavy atom. The SMILES string of the molecule is CN(C)c1nn(Cc2cccc(F)c2)c(N)c1S(C)(=O)=O. The predicted octanol–water partition coefficient (Wildman–Crippen LogP) is 1.12. The van der Waals surface area contributed by atoms with E-state index in [0.717, 1.165) is 6.26 Å². The van der Waals surface area contributed by atoms with Crippen LogP contribution >= 0.6 is 0 Å². The highest BCUT2D eigenvalue weighted by molar-refractivity contribution is 7.91. The molecule has 1 aromatic carbocycles. The van der Waals surface area contributed by atoms with Crippen molar-refractivity contribution in [1.82, 2.24) is 9.78 Å². The van der Waals surface area contributed by atoms with Crippen LogP contribution < -0.4 is 10.6 Å². The van der Waals surface area contributed by atoms with Crippen LogP contribution in [0.1, 0.15) is 5.56 Å². The van der Waals surface area contributed by atoms with E-state index in [0.29, 0.717) is 5.56 Å². The molecule has 0 fully saturated rings. The summed E-state index contributed by atoms with van der Waals surface area (Å²) in [5.41, 5.74) is 6.56. The van der Waals surface area contributed by atoms with E-state index in [1.807, 2.05) is 0 Å². The summed E-state index contributed by atoms with van der Waals surface area (Å²) >= 11 is 0. The highest BCUT2D eigenvalue weighted by atomic mass is 32.2. The van der Waals surface area contributed by atoms with Gasteiger partial charge in [0.05, 0.1) is 6.54 Å². The first-order valence-corrected chi connectivity index (χ1v) is 8.07. The smallest absolute Gasteiger partial charge is 0.182 e. The summed E-state index contributed by atoms with van der Waals surface area (Å²) in [5.74, 6) is -0.0498. The molecule has 2 N–H and O–H groups in total. The summed E-state index contributed by atoms with van der Waals surface area (Å²) in [7, 11) is -0.146. The third-order valence-electron chi connectivity index (χ3n) is 2.95. The van der Waals surface area contributed by atoms with Crippen molar-refractivity contribution in [2.45, 2.75) is 11.4 Å². The third kappa shape index (κ3) is 3.15. The van der Waals surface area contributed by atoms with Gasteiger partial charge >= 0.3 is 0 Å². The molecule has 2 aromatic rings. The molecule has 21 heavy (non-hydrogen) atoms. The minimum atomic E-state index is -3.51. The number of sulfone groups is 1. The summed E-state index contributed by atoms with van der Waals surface area (Å²) in [6.45, 7) is 0.194. The molecule has 8 heteroatoms. The van der Waals surface area contributed by atoms with Gasteiger partial charge in [0, 0.05) is 20.4 Å². The van der Waals surface area contributed by atoms with E-state index in [1.54, 1.807) is 31.1 Å². The van der Waals surface area contributed by atoms with Gasteiger partial charge in [-0.15, -0.1) is 0 Å². The number of rotatable bonds is 4. The zero-order valence-corrected chi connectivity index (χ0v) is 12.9. The Morgan fingerprint density at radius 3 is 2.52 bits per heavy atom. The molecule has 0 saturated heterocycles. The fourth-order valence-electron chi connectivity index (χ4n) is 2.02. The fraction of sp³-hybridized carbons (Fsp3) is 0.308. The quantitative estimate of drug-likeness (QED) is 0.915. The summed E-state index contributed by atoms with van der Waals surface area (Å²) < 4.78 is 38.3. The molecule has 0 bridgehead atoms. The van der Waals surface area contributed by atoms with Crippen molar-refractivity contribution in [3.8, 4) is 0 Å². The van der Waals surface area contributed by atoms with E-state index in [4.69, 9.17) is 5.73 Å². The van der Waals surface area contributed by atoms with Crippen LogP contribution in [0.25, 0.3) is 0 Å². The molecule has 6 nitrogen and oxygen atoms in total. The lowest BCUT2D eigenvalue weighted by molar-refractivity contribution is 0.602. The van der Waals surface area contributed by atoms with Gasteiger partial charge in [0.25, 0.3) is 0 Å². The van der Waals surface area contributed by atoms with Crippen molar-refractivity contribution < 1.29 is 12.8 Å². The van der Waals surface area contributed by atoms with Crippen molar-refractivity contribution in [2.24, 2.45) is 0 Å². The highest BCUT2D eigenvalue weighted by Gasteiger charge is 2.25. The van der Waals surface area contributed by atoms with Gasteiger partial charge in [-0.05, 0) is 17.7 Å². The second-order valence-electron chi connectivity index (χ2n) is 4.99. The molecular weight excluding hydrogens is 295 g/mol. The number of anilines is 2. The number of hydrogen-bond donors (Lipinski definition) is 1. The number of nitrogen functional groups attached to an aromatic ring is 1. The molecule has 0 aliphatic carbocycles. The number of benzene rings is 1. The second-order valence-corrected chi connectivity index (χ2v) is 6.94. The third-order valence-corrected chi connectivity index (χ3v) is 4.08. The molecule has 0 aliphatic rings. The summed E-state index contributed by atoms with van der Waals surface area (Å²) in [6, 6.07) is 5.99. The maximum absolute atomic E-state index is 13.2. The van der Waals surface area contributed by atoms with Crippen LogP contribution in [0.3, 0.4) is 0 Å². The van der Waals surface area contributed by atoms with Crippen LogP contribution in [0, 0.1) is 5.82 Å². The number of aromatic nitrogens is 2. The molecule has 0 amide bonds. The summed E-state index contributed by atoms with van der Waals surface area (Å²) in [6.07, 6.45) is 1.08. The lowest BCUT2D eigenvalue weighted by atomic mass is 10.2. The van der Waals surface area contributed by atoms with Crippen molar-refractivity contribution in [2.75, 3.05) is 31.0 Å². The average Bonchev–Trinajstić information content (AvgIpc) is 2.67. The van der Waals surface area contributed by atoms with Gasteiger partial charge < -0.3 is 10.6 Å². The molecular formula is C13H17FN4O2S. The van der Waals surface area contributed by atoms with Gasteiger partial charge in [-0.1, -0.05) is 12.1 Å². The van der Waals surface area contributed by atoms with Crippen LogP contribution in [-0.4, -0.2) is 38.5 Å². The molecule has 0 unspecified atom stereocenters. The molecule has 0 atom stereocenters. The van der Waals surface area contributed by atoms with Crippen LogP contribution in [0.2, 0.25) is 0 Å². The molecule has 1 aromatic heterocycles. The Bertz CT molecular complexity index is 768. The monoisotopic (exact) mass is 312 g/mol. The number of nitrogens with two attached hydrogens (primary N) is 1. The Hall–Kier alpha value is -2.09. The Balaban J connectivity index is 2.51. The van der Waals surface area contributed by atoms with Crippen LogP contribution in [0.5, 0.6) is 0 Å². The van der Waals surface area contributed by atoms with Crippen molar-refractivity contribution in [1.29, 1.82) is 0 Å². The fourth-order valence-corrected chi connectivity index (χ4v) is 3.06. The van der Waals surface area contributed by atoms with E-state index in [2.05, 4.69) is 5.10 Å². The number of hydrogen-bond acceptors (Lipinski definition) is 5. The Labute approximate surface area is 122 Å². The maximum Gasteiger partial charge on any atom is 0.182 e. The first kappa shape index (κ1) is 15.3. The molecule has 2 rings (SSSR count). The van der Waals surface area contributed by atoms with E-state index in [-0.39, 0.29) is 28.9 Å². The lowest BCUT2D eigenvalue weighted by Crippen LogP contribution is -2.13. The van der Waals surface area contributed by atoms with Gasteiger partial charge in [-0.2, -0.15) is 5.10 Å². The normalized spacial score (nSPS) is 11.6. The largest absolute Gasteiger partial charge is 0.383 e. The predicted molar refractivity (Wildman–Crippen MR) is 79.6 cm³/mol. The van der Waals surface area contributed by atoms with Crippen molar-refractivity contribution in [3.63, 3.8) is 0 Å². The van der Waals surface area contributed by atoms with Crippen LogP contribution in [0.15, 0.2) is 29.2 Å². The standard InChI is InChI=1S/C13H17FN4O2S/c1-17(2)13-11(21(3,19)20)12(15)18(16-13)8-9-5-4-6-10(14)7-9/h4-7H,8,15H2,1-3H3. The van der Waals surface area contributed by atoms with E-state index in [1.165, 1.54) is 16.8 Å². The van der Waals surface area contributed by atoms with Crippen LogP contribution in [0.4, 0.5) is 16.0 Å². The van der Waals surface area contributed by atoms with Crippen molar-refractivity contribution in [3.05, 3.63) is 35.6 Å². The van der Waals surface area contributed by atoms with Gasteiger partial charge in [-0.25, -0.2) is 17.5 Å². The Kier molecular flexibility index (Phi) is 3.91. The zero-order chi connectivity index (χ0) is 15.8. The molecule has 114 valence electrons. The van der Waals surface area contributed by atoms with E-state index in [9.17, 15) is 12.8 Å². The van der Waals surface area contributed by atoms with E-state index >= 15 is 0 Å². The number of halogens is 1. The number of nitrogens with zero attached hydrogens (tertiary/aromatic N) is 3.